The van der Waals surface area contributed by atoms with Gasteiger partial charge in [0.15, 0.2) is 0 Å². The Labute approximate surface area is 126 Å². The summed E-state index contributed by atoms with van der Waals surface area (Å²) in [6.07, 6.45) is 2.00. The number of ether oxygens (including phenoxy) is 1. The predicted molar refractivity (Wildman–Crippen MR) is 83.2 cm³/mol. The molecule has 3 rings (SSSR count). The second-order valence-electron chi connectivity index (χ2n) is 4.54. The number of esters is 1. The van der Waals surface area contributed by atoms with Crippen molar-refractivity contribution in [1.29, 1.82) is 0 Å². The fraction of sp³-hybridized carbons (Fsp3) is 0.188. The monoisotopic (exact) mass is 298 g/mol. The van der Waals surface area contributed by atoms with E-state index in [-0.39, 0.29) is 12.4 Å². The predicted octanol–water partition coefficient (Wildman–Crippen LogP) is 3.46. The van der Waals surface area contributed by atoms with Crippen molar-refractivity contribution >= 4 is 28.2 Å². The minimum Gasteiger partial charge on any atom is -0.466 e. The summed E-state index contributed by atoms with van der Waals surface area (Å²) in [5, 5.41) is 3.89. The Kier molecular flexibility index (Phi) is 3.92. The summed E-state index contributed by atoms with van der Waals surface area (Å²) < 4.78 is 4.94. The van der Waals surface area contributed by atoms with Crippen molar-refractivity contribution in [1.82, 2.24) is 9.97 Å². The van der Waals surface area contributed by atoms with Gasteiger partial charge in [0.2, 0.25) is 0 Å². The molecule has 3 aromatic rings. The second-order valence-corrected chi connectivity index (χ2v) is 5.39. The number of pyridine rings is 1. The highest BCUT2D eigenvalue weighted by Crippen LogP contribution is 2.26. The molecule has 0 spiro atoms. The lowest BCUT2D eigenvalue weighted by Gasteiger charge is -2.00. The molecule has 0 N–H and O–H groups in total. The van der Waals surface area contributed by atoms with Crippen LogP contribution in [0.1, 0.15) is 12.6 Å². The molecule has 2 heterocycles. The summed E-state index contributed by atoms with van der Waals surface area (Å²) in [5.74, 6) is -0.239. The number of rotatable bonds is 4. The average Bonchev–Trinajstić information content (AvgIpc) is 2.95. The van der Waals surface area contributed by atoms with E-state index in [0.717, 1.165) is 27.2 Å². The molecule has 0 amide bonds. The van der Waals surface area contributed by atoms with Crippen molar-refractivity contribution in [3.63, 3.8) is 0 Å². The fourth-order valence-electron chi connectivity index (χ4n) is 2.09. The van der Waals surface area contributed by atoms with Crippen LogP contribution in [0.15, 0.2) is 41.9 Å². The van der Waals surface area contributed by atoms with Crippen molar-refractivity contribution in [3.05, 3.63) is 47.6 Å². The molecular weight excluding hydrogens is 284 g/mol. The maximum Gasteiger partial charge on any atom is 0.311 e. The van der Waals surface area contributed by atoms with Gasteiger partial charge in [-0.05, 0) is 31.2 Å². The number of hydrogen-bond donors (Lipinski definition) is 0. The molecule has 0 saturated heterocycles. The number of carbonyl (C=O) groups is 1. The Morgan fingerprint density at radius 2 is 2.24 bits per heavy atom. The smallest absolute Gasteiger partial charge is 0.311 e. The lowest BCUT2D eigenvalue weighted by molar-refractivity contribution is -0.142. The SMILES string of the molecule is CCOC(=O)Cc1csc(-c2ccc3ncccc3c2)n1. The van der Waals surface area contributed by atoms with Gasteiger partial charge < -0.3 is 4.74 Å². The third-order valence-corrected chi connectivity index (χ3v) is 3.97. The quantitative estimate of drug-likeness (QED) is 0.692. The van der Waals surface area contributed by atoms with Crippen molar-refractivity contribution in [2.75, 3.05) is 6.61 Å². The standard InChI is InChI=1S/C16H14N2O2S/c1-2-20-15(19)9-13-10-21-16(18-13)12-5-6-14-11(8-12)4-3-7-17-14/h3-8,10H,2,9H2,1H3. The Hall–Kier alpha value is -2.27. The lowest BCUT2D eigenvalue weighted by atomic mass is 10.1. The molecule has 0 bridgehead atoms. The van der Waals surface area contributed by atoms with E-state index in [0.29, 0.717) is 6.61 Å². The lowest BCUT2D eigenvalue weighted by Crippen LogP contribution is -2.07. The molecule has 0 unspecified atom stereocenters. The van der Waals surface area contributed by atoms with E-state index >= 15 is 0 Å². The van der Waals surface area contributed by atoms with Gasteiger partial charge in [-0.3, -0.25) is 9.78 Å². The van der Waals surface area contributed by atoms with E-state index in [1.807, 2.05) is 29.6 Å². The number of aromatic nitrogens is 2. The minimum atomic E-state index is -0.239. The Morgan fingerprint density at radius 1 is 1.33 bits per heavy atom. The first kappa shape index (κ1) is 13.7. The molecule has 0 fully saturated rings. The molecular formula is C16H14N2O2S. The summed E-state index contributed by atoms with van der Waals surface area (Å²) in [7, 11) is 0. The molecule has 2 aromatic heterocycles. The number of carbonyl (C=O) groups excluding carboxylic acids is 1. The maximum atomic E-state index is 11.5. The van der Waals surface area contributed by atoms with E-state index in [1.165, 1.54) is 11.3 Å². The summed E-state index contributed by atoms with van der Waals surface area (Å²) in [6, 6.07) is 9.99. The zero-order chi connectivity index (χ0) is 14.7. The van der Waals surface area contributed by atoms with Gasteiger partial charge >= 0.3 is 5.97 Å². The number of thiazole rings is 1. The largest absolute Gasteiger partial charge is 0.466 e. The molecule has 0 aliphatic carbocycles. The van der Waals surface area contributed by atoms with Crippen molar-refractivity contribution in [3.8, 4) is 10.6 Å². The molecule has 0 aliphatic heterocycles. The van der Waals surface area contributed by atoms with Gasteiger partial charge in [0.25, 0.3) is 0 Å². The van der Waals surface area contributed by atoms with Gasteiger partial charge in [-0.2, -0.15) is 0 Å². The van der Waals surface area contributed by atoms with Crippen LogP contribution in [0.3, 0.4) is 0 Å². The van der Waals surface area contributed by atoms with Crippen molar-refractivity contribution in [2.45, 2.75) is 13.3 Å². The zero-order valence-corrected chi connectivity index (χ0v) is 12.4. The van der Waals surface area contributed by atoms with Gasteiger partial charge in [-0.1, -0.05) is 6.07 Å². The van der Waals surface area contributed by atoms with E-state index in [2.05, 4.69) is 16.0 Å². The Bertz CT molecular complexity index is 783. The van der Waals surface area contributed by atoms with Crippen LogP contribution in [0.4, 0.5) is 0 Å². The van der Waals surface area contributed by atoms with Crippen LogP contribution in [0.2, 0.25) is 0 Å². The first-order valence-corrected chi connectivity index (χ1v) is 7.59. The molecule has 4 nitrogen and oxygen atoms in total. The van der Waals surface area contributed by atoms with Gasteiger partial charge in [-0.25, -0.2) is 4.98 Å². The summed E-state index contributed by atoms with van der Waals surface area (Å²) >= 11 is 1.53. The van der Waals surface area contributed by atoms with Crippen LogP contribution in [0.25, 0.3) is 21.5 Å². The normalized spacial score (nSPS) is 10.7. The first-order valence-electron chi connectivity index (χ1n) is 6.71. The van der Waals surface area contributed by atoms with E-state index in [9.17, 15) is 4.79 Å². The van der Waals surface area contributed by atoms with Crippen LogP contribution < -0.4 is 0 Å². The molecule has 0 saturated carbocycles. The number of fused-ring (bicyclic) bond motifs is 1. The highest BCUT2D eigenvalue weighted by Gasteiger charge is 2.10. The zero-order valence-electron chi connectivity index (χ0n) is 11.6. The third kappa shape index (κ3) is 3.08. The first-order chi connectivity index (χ1) is 10.3. The summed E-state index contributed by atoms with van der Waals surface area (Å²) in [6.45, 7) is 2.20. The van der Waals surface area contributed by atoms with Crippen LogP contribution in [-0.2, 0) is 16.0 Å². The van der Waals surface area contributed by atoms with Gasteiger partial charge in [0, 0.05) is 22.5 Å². The van der Waals surface area contributed by atoms with Crippen LogP contribution in [0.5, 0.6) is 0 Å². The fourth-order valence-corrected chi connectivity index (χ4v) is 2.91. The van der Waals surface area contributed by atoms with Gasteiger partial charge in [0.1, 0.15) is 5.01 Å². The molecule has 5 heteroatoms. The van der Waals surface area contributed by atoms with E-state index in [4.69, 9.17) is 4.74 Å². The summed E-state index contributed by atoms with van der Waals surface area (Å²) in [5.41, 5.74) is 2.75. The van der Waals surface area contributed by atoms with Crippen molar-refractivity contribution < 1.29 is 9.53 Å². The average molecular weight is 298 g/mol. The Balaban J connectivity index is 1.85. The molecule has 0 radical (unpaired) electrons. The number of benzene rings is 1. The van der Waals surface area contributed by atoms with Gasteiger partial charge in [0.05, 0.1) is 24.2 Å². The summed E-state index contributed by atoms with van der Waals surface area (Å²) in [4.78, 5) is 20.3. The highest BCUT2D eigenvalue weighted by molar-refractivity contribution is 7.13. The van der Waals surface area contributed by atoms with E-state index < -0.39 is 0 Å². The molecule has 106 valence electrons. The Morgan fingerprint density at radius 3 is 3.10 bits per heavy atom. The topological polar surface area (TPSA) is 52.1 Å². The van der Waals surface area contributed by atoms with Crippen LogP contribution in [0, 0.1) is 0 Å². The van der Waals surface area contributed by atoms with Gasteiger partial charge in [-0.15, -0.1) is 11.3 Å². The van der Waals surface area contributed by atoms with Crippen LogP contribution in [-0.4, -0.2) is 22.5 Å². The van der Waals surface area contributed by atoms with Crippen molar-refractivity contribution in [2.24, 2.45) is 0 Å². The second kappa shape index (κ2) is 6.01. The van der Waals surface area contributed by atoms with E-state index in [1.54, 1.807) is 13.1 Å². The number of hydrogen-bond acceptors (Lipinski definition) is 5. The molecule has 0 atom stereocenters. The molecule has 0 aliphatic rings. The minimum absolute atomic E-state index is 0.222. The number of nitrogens with zero attached hydrogens (tertiary/aromatic N) is 2. The third-order valence-electron chi connectivity index (χ3n) is 3.03. The maximum absolute atomic E-state index is 11.5. The highest BCUT2D eigenvalue weighted by atomic mass is 32.1. The molecule has 21 heavy (non-hydrogen) atoms. The molecule has 1 aromatic carbocycles. The van der Waals surface area contributed by atoms with Crippen LogP contribution >= 0.6 is 11.3 Å².